The van der Waals surface area contributed by atoms with E-state index in [1.165, 1.54) is 5.56 Å². The van der Waals surface area contributed by atoms with Crippen molar-refractivity contribution in [1.29, 1.82) is 0 Å². The van der Waals surface area contributed by atoms with Gasteiger partial charge in [0.25, 0.3) is 0 Å². The first-order valence-corrected chi connectivity index (χ1v) is 8.24. The van der Waals surface area contributed by atoms with Gasteiger partial charge >= 0.3 is 0 Å². The number of benzene rings is 1. The van der Waals surface area contributed by atoms with E-state index in [4.69, 9.17) is 0 Å². The Balaban J connectivity index is 1.62. The highest BCUT2D eigenvalue weighted by atomic mass is 16.2. The molecule has 0 bridgehead atoms. The fourth-order valence-corrected chi connectivity index (χ4v) is 3.18. The maximum Gasteiger partial charge on any atom is 0.223 e. The van der Waals surface area contributed by atoms with Gasteiger partial charge in [0.05, 0.1) is 12.2 Å². The van der Waals surface area contributed by atoms with E-state index in [1.54, 1.807) is 0 Å². The normalized spacial score (nSPS) is 19.0. The number of carbonyl (C=O) groups excluding carboxylic acids is 1. The van der Waals surface area contributed by atoms with Gasteiger partial charge in [-0.1, -0.05) is 30.3 Å². The van der Waals surface area contributed by atoms with Crippen molar-refractivity contribution >= 4 is 5.91 Å². The number of piperazine rings is 1. The van der Waals surface area contributed by atoms with Gasteiger partial charge in [0.1, 0.15) is 0 Å². The summed E-state index contributed by atoms with van der Waals surface area (Å²) in [6.07, 6.45) is 6.08. The monoisotopic (exact) mass is 312 g/mol. The molecule has 1 aromatic carbocycles. The van der Waals surface area contributed by atoms with Crippen molar-refractivity contribution in [3.05, 3.63) is 53.9 Å². The van der Waals surface area contributed by atoms with Crippen LogP contribution in [-0.4, -0.2) is 52.6 Å². The van der Waals surface area contributed by atoms with Crippen molar-refractivity contribution in [3.63, 3.8) is 0 Å². The Morgan fingerprint density at radius 1 is 1.30 bits per heavy atom. The minimum absolute atomic E-state index is 0.163. The molecule has 23 heavy (non-hydrogen) atoms. The van der Waals surface area contributed by atoms with Crippen LogP contribution in [0.3, 0.4) is 0 Å². The number of amides is 1. The number of hydrogen-bond donors (Lipinski definition) is 1. The highest BCUT2D eigenvalue weighted by Crippen LogP contribution is 2.25. The molecule has 1 saturated heterocycles. The molecule has 0 radical (unpaired) electrons. The Kier molecular flexibility index (Phi) is 5.08. The molecule has 0 aliphatic carbocycles. The van der Waals surface area contributed by atoms with Gasteiger partial charge in [0, 0.05) is 32.3 Å². The van der Waals surface area contributed by atoms with Crippen LogP contribution in [0.15, 0.2) is 42.7 Å². The molecule has 1 N–H and O–H groups in total. The molecular weight excluding hydrogens is 288 g/mol. The summed E-state index contributed by atoms with van der Waals surface area (Å²) in [5.41, 5.74) is 2.39. The van der Waals surface area contributed by atoms with E-state index in [2.05, 4.69) is 39.2 Å². The molecule has 1 unspecified atom stereocenters. The zero-order chi connectivity index (χ0) is 16.1. The molecule has 1 amide bonds. The number of likely N-dealkylation sites (N-methyl/N-ethyl adjacent to an activating group) is 1. The highest BCUT2D eigenvalue weighted by molar-refractivity contribution is 5.77. The Bertz CT molecular complexity index is 611. The van der Waals surface area contributed by atoms with Crippen molar-refractivity contribution in [3.8, 4) is 0 Å². The van der Waals surface area contributed by atoms with Gasteiger partial charge < -0.3 is 9.80 Å². The first kappa shape index (κ1) is 15.7. The molecule has 1 fully saturated rings. The molecule has 3 rings (SSSR count). The second-order valence-electron chi connectivity index (χ2n) is 6.24. The number of aryl methyl sites for hydroxylation is 1. The Morgan fingerprint density at radius 2 is 2.13 bits per heavy atom. The topological polar surface area (TPSA) is 52.2 Å². The van der Waals surface area contributed by atoms with Crippen LogP contribution in [0.5, 0.6) is 0 Å². The Morgan fingerprint density at radius 3 is 2.87 bits per heavy atom. The molecule has 2 heterocycles. The number of H-pyrrole nitrogens is 1. The maximum absolute atomic E-state index is 12.7. The van der Waals surface area contributed by atoms with E-state index in [0.29, 0.717) is 6.42 Å². The third-order valence-electron chi connectivity index (χ3n) is 4.50. The van der Waals surface area contributed by atoms with Gasteiger partial charge in [-0.05, 0) is 31.0 Å². The van der Waals surface area contributed by atoms with E-state index in [1.807, 2.05) is 30.6 Å². The summed E-state index contributed by atoms with van der Waals surface area (Å²) < 4.78 is 0. The predicted molar refractivity (Wildman–Crippen MR) is 89.9 cm³/mol. The number of nitrogens with one attached hydrogen (secondary N) is 1. The molecule has 1 aliphatic heterocycles. The van der Waals surface area contributed by atoms with Crippen LogP contribution in [0.1, 0.15) is 30.0 Å². The van der Waals surface area contributed by atoms with Crippen molar-refractivity contribution in [2.45, 2.75) is 25.3 Å². The lowest BCUT2D eigenvalue weighted by atomic mass is 10.0. The fraction of sp³-hybridized carbons (Fsp3) is 0.444. The van der Waals surface area contributed by atoms with Crippen molar-refractivity contribution in [2.75, 3.05) is 26.7 Å². The largest absolute Gasteiger partial charge is 0.333 e. The van der Waals surface area contributed by atoms with Gasteiger partial charge in [-0.3, -0.25) is 9.89 Å². The summed E-state index contributed by atoms with van der Waals surface area (Å²) in [7, 11) is 2.12. The SMILES string of the molecule is CN1CCN(C(=O)CCCc2cn[nH]c2)C(c2ccccc2)C1. The second-order valence-corrected chi connectivity index (χ2v) is 6.24. The first-order chi connectivity index (χ1) is 11.2. The summed E-state index contributed by atoms with van der Waals surface area (Å²) in [6, 6.07) is 10.5. The zero-order valence-corrected chi connectivity index (χ0v) is 13.6. The number of carbonyl (C=O) groups is 1. The van der Waals surface area contributed by atoms with Crippen molar-refractivity contribution < 1.29 is 4.79 Å². The number of aromatic nitrogens is 2. The number of aromatic amines is 1. The van der Waals surface area contributed by atoms with Crippen LogP contribution in [0.2, 0.25) is 0 Å². The standard InChI is InChI=1S/C18H24N4O/c1-21-10-11-22(17(14-21)16-7-3-2-4-8-16)18(23)9-5-6-15-12-19-20-13-15/h2-4,7-8,12-13,17H,5-6,9-11,14H2,1H3,(H,19,20). The van der Waals surface area contributed by atoms with Gasteiger partial charge in [-0.15, -0.1) is 0 Å². The predicted octanol–water partition coefficient (Wildman–Crippen LogP) is 2.25. The molecule has 1 aliphatic rings. The minimum atomic E-state index is 0.163. The molecular formula is C18H24N4O. The molecule has 1 atom stereocenters. The van der Waals surface area contributed by atoms with Gasteiger partial charge in [-0.2, -0.15) is 5.10 Å². The zero-order valence-electron chi connectivity index (χ0n) is 13.6. The number of nitrogens with zero attached hydrogens (tertiary/aromatic N) is 3. The van der Waals surface area contributed by atoms with Crippen LogP contribution in [-0.2, 0) is 11.2 Å². The summed E-state index contributed by atoms with van der Waals surface area (Å²) in [5, 5.41) is 6.76. The molecule has 122 valence electrons. The molecule has 0 saturated carbocycles. The average molecular weight is 312 g/mol. The Labute approximate surface area is 137 Å². The van der Waals surface area contributed by atoms with E-state index < -0.39 is 0 Å². The quantitative estimate of drug-likeness (QED) is 0.921. The third-order valence-corrected chi connectivity index (χ3v) is 4.50. The molecule has 5 nitrogen and oxygen atoms in total. The van der Waals surface area contributed by atoms with Gasteiger partial charge in [-0.25, -0.2) is 0 Å². The highest BCUT2D eigenvalue weighted by Gasteiger charge is 2.29. The summed E-state index contributed by atoms with van der Waals surface area (Å²) >= 11 is 0. The maximum atomic E-state index is 12.7. The minimum Gasteiger partial charge on any atom is -0.333 e. The third kappa shape index (κ3) is 3.99. The lowest BCUT2D eigenvalue weighted by Crippen LogP contribution is -2.49. The fourth-order valence-electron chi connectivity index (χ4n) is 3.18. The number of hydrogen-bond acceptors (Lipinski definition) is 3. The molecule has 0 spiro atoms. The summed E-state index contributed by atoms with van der Waals surface area (Å²) in [6.45, 7) is 2.65. The Hall–Kier alpha value is -2.14. The molecule has 2 aromatic rings. The van der Waals surface area contributed by atoms with Crippen molar-refractivity contribution in [1.82, 2.24) is 20.0 Å². The van der Waals surface area contributed by atoms with Crippen LogP contribution in [0.25, 0.3) is 0 Å². The van der Waals surface area contributed by atoms with E-state index >= 15 is 0 Å². The van der Waals surface area contributed by atoms with Crippen LogP contribution in [0.4, 0.5) is 0 Å². The first-order valence-electron chi connectivity index (χ1n) is 8.24. The average Bonchev–Trinajstić information content (AvgIpc) is 3.09. The van der Waals surface area contributed by atoms with E-state index in [-0.39, 0.29) is 11.9 Å². The summed E-state index contributed by atoms with van der Waals surface area (Å²) in [4.78, 5) is 17.1. The smallest absolute Gasteiger partial charge is 0.223 e. The van der Waals surface area contributed by atoms with Crippen molar-refractivity contribution in [2.24, 2.45) is 0 Å². The van der Waals surface area contributed by atoms with Crippen LogP contribution < -0.4 is 0 Å². The molecule has 5 heteroatoms. The second kappa shape index (κ2) is 7.42. The lowest BCUT2D eigenvalue weighted by Gasteiger charge is -2.40. The molecule has 1 aromatic heterocycles. The van der Waals surface area contributed by atoms with E-state index in [0.717, 1.165) is 38.0 Å². The van der Waals surface area contributed by atoms with E-state index in [9.17, 15) is 4.79 Å². The van der Waals surface area contributed by atoms with Gasteiger partial charge in [0.15, 0.2) is 0 Å². The van der Waals surface area contributed by atoms with Crippen LogP contribution >= 0.6 is 0 Å². The van der Waals surface area contributed by atoms with Gasteiger partial charge in [0.2, 0.25) is 5.91 Å². The lowest BCUT2D eigenvalue weighted by molar-refractivity contribution is -0.136. The van der Waals surface area contributed by atoms with Crippen LogP contribution in [0, 0.1) is 0 Å². The number of rotatable bonds is 5. The summed E-state index contributed by atoms with van der Waals surface area (Å²) in [5.74, 6) is 0.260.